The van der Waals surface area contributed by atoms with Gasteiger partial charge >= 0.3 is 5.97 Å². The van der Waals surface area contributed by atoms with Crippen molar-refractivity contribution >= 4 is 5.97 Å². The minimum Gasteiger partial charge on any atom is -0.481 e. The molecule has 16 heavy (non-hydrogen) atoms. The standard InChI is InChI=1S/C11H21N3O2/c1-10(11(15)16)9-14(8-5-12)7-4-6-13(2)3/h10H,4,6-9H2,1-3H3,(H,15,16). The Bertz CT molecular complexity index is 248. The van der Waals surface area contributed by atoms with Crippen molar-refractivity contribution in [2.24, 2.45) is 5.92 Å². The number of carboxylic acids is 1. The molecule has 0 rings (SSSR count). The van der Waals surface area contributed by atoms with Crippen LogP contribution in [0.4, 0.5) is 0 Å². The van der Waals surface area contributed by atoms with Gasteiger partial charge in [-0.1, -0.05) is 6.92 Å². The maximum absolute atomic E-state index is 10.7. The number of carboxylic acid groups (broad SMARTS) is 1. The predicted octanol–water partition coefficient (Wildman–Crippen LogP) is 0.484. The lowest BCUT2D eigenvalue weighted by atomic mass is 10.1. The summed E-state index contributed by atoms with van der Waals surface area (Å²) in [6.07, 6.45) is 0.945. The van der Waals surface area contributed by atoms with Crippen LogP contribution in [0.2, 0.25) is 0 Å². The molecule has 92 valence electrons. The highest BCUT2D eigenvalue weighted by atomic mass is 16.4. The van der Waals surface area contributed by atoms with Gasteiger partial charge in [-0.3, -0.25) is 9.69 Å². The molecule has 1 N–H and O–H groups in total. The number of nitrogens with zero attached hydrogens (tertiary/aromatic N) is 3. The molecule has 1 atom stereocenters. The van der Waals surface area contributed by atoms with E-state index in [4.69, 9.17) is 10.4 Å². The van der Waals surface area contributed by atoms with E-state index in [2.05, 4.69) is 11.0 Å². The number of aliphatic carboxylic acids is 1. The van der Waals surface area contributed by atoms with Crippen LogP contribution in [0.1, 0.15) is 13.3 Å². The molecular weight excluding hydrogens is 206 g/mol. The van der Waals surface area contributed by atoms with Gasteiger partial charge in [0.05, 0.1) is 18.5 Å². The van der Waals surface area contributed by atoms with Gasteiger partial charge in [-0.15, -0.1) is 0 Å². The lowest BCUT2D eigenvalue weighted by molar-refractivity contribution is -0.141. The van der Waals surface area contributed by atoms with Crippen molar-refractivity contribution in [2.45, 2.75) is 13.3 Å². The molecule has 5 heteroatoms. The van der Waals surface area contributed by atoms with Crippen molar-refractivity contribution in [3.8, 4) is 6.07 Å². The summed E-state index contributed by atoms with van der Waals surface area (Å²) in [6, 6.07) is 2.07. The molecule has 0 aromatic carbocycles. The number of rotatable bonds is 8. The Hall–Kier alpha value is -1.12. The Morgan fingerprint density at radius 2 is 2.06 bits per heavy atom. The molecule has 0 fully saturated rings. The molecule has 0 aliphatic heterocycles. The van der Waals surface area contributed by atoms with Crippen LogP contribution in [0.3, 0.4) is 0 Å². The maximum Gasteiger partial charge on any atom is 0.307 e. The Morgan fingerprint density at radius 1 is 1.44 bits per heavy atom. The van der Waals surface area contributed by atoms with Crippen LogP contribution < -0.4 is 0 Å². The van der Waals surface area contributed by atoms with E-state index in [9.17, 15) is 4.79 Å². The first kappa shape index (κ1) is 14.9. The molecule has 0 saturated heterocycles. The van der Waals surface area contributed by atoms with Crippen LogP contribution in [0.15, 0.2) is 0 Å². The van der Waals surface area contributed by atoms with Crippen molar-refractivity contribution in [3.63, 3.8) is 0 Å². The molecule has 0 aliphatic carbocycles. The van der Waals surface area contributed by atoms with Gasteiger partial charge in [0.1, 0.15) is 0 Å². The second-order valence-electron chi connectivity index (χ2n) is 4.29. The number of carbonyl (C=O) groups is 1. The third-order valence-corrected chi connectivity index (χ3v) is 2.33. The van der Waals surface area contributed by atoms with Gasteiger partial charge < -0.3 is 10.0 Å². The molecule has 0 saturated carbocycles. The van der Waals surface area contributed by atoms with E-state index < -0.39 is 11.9 Å². The third-order valence-electron chi connectivity index (χ3n) is 2.33. The second-order valence-corrected chi connectivity index (χ2v) is 4.29. The predicted molar refractivity (Wildman–Crippen MR) is 62.0 cm³/mol. The zero-order chi connectivity index (χ0) is 12.6. The summed E-state index contributed by atoms with van der Waals surface area (Å²) in [5, 5.41) is 17.4. The maximum atomic E-state index is 10.7. The third kappa shape index (κ3) is 7.21. The highest BCUT2D eigenvalue weighted by Gasteiger charge is 2.15. The van der Waals surface area contributed by atoms with E-state index >= 15 is 0 Å². The molecule has 0 aliphatic rings. The average Bonchev–Trinajstić information content (AvgIpc) is 2.17. The minimum absolute atomic E-state index is 0.297. The molecule has 0 aromatic heterocycles. The fourth-order valence-electron chi connectivity index (χ4n) is 1.41. The Labute approximate surface area is 97.3 Å². The summed E-state index contributed by atoms with van der Waals surface area (Å²) >= 11 is 0. The second kappa shape index (κ2) is 8.08. The van der Waals surface area contributed by atoms with Crippen molar-refractivity contribution in [3.05, 3.63) is 0 Å². The van der Waals surface area contributed by atoms with Gasteiger partial charge in [0.15, 0.2) is 0 Å². The molecule has 0 aromatic rings. The Kier molecular flexibility index (Phi) is 7.52. The van der Waals surface area contributed by atoms with Crippen molar-refractivity contribution in [1.29, 1.82) is 5.26 Å². The molecule has 0 spiro atoms. The lowest BCUT2D eigenvalue weighted by Gasteiger charge is -2.21. The molecule has 0 bridgehead atoms. The van der Waals surface area contributed by atoms with E-state index in [0.717, 1.165) is 19.5 Å². The quantitative estimate of drug-likeness (QED) is 0.611. The van der Waals surface area contributed by atoms with Crippen molar-refractivity contribution < 1.29 is 9.90 Å². The van der Waals surface area contributed by atoms with E-state index in [0.29, 0.717) is 13.1 Å². The fourth-order valence-corrected chi connectivity index (χ4v) is 1.41. The van der Waals surface area contributed by atoms with E-state index in [-0.39, 0.29) is 0 Å². The van der Waals surface area contributed by atoms with Crippen LogP contribution >= 0.6 is 0 Å². The van der Waals surface area contributed by atoms with Gasteiger partial charge in [0.25, 0.3) is 0 Å². The normalized spacial score (nSPS) is 12.8. The molecule has 0 amide bonds. The monoisotopic (exact) mass is 227 g/mol. The summed E-state index contributed by atoms with van der Waals surface area (Å²) in [5.74, 6) is -1.23. The van der Waals surface area contributed by atoms with Gasteiger partial charge in [-0.2, -0.15) is 5.26 Å². The van der Waals surface area contributed by atoms with Crippen molar-refractivity contribution in [1.82, 2.24) is 9.80 Å². The minimum atomic E-state index is -0.810. The molecule has 1 unspecified atom stereocenters. The van der Waals surface area contributed by atoms with Gasteiger partial charge in [0, 0.05) is 13.1 Å². The number of nitriles is 1. The average molecular weight is 227 g/mol. The first-order chi connectivity index (χ1) is 7.47. The highest BCUT2D eigenvalue weighted by Crippen LogP contribution is 2.01. The van der Waals surface area contributed by atoms with Crippen molar-refractivity contribution in [2.75, 3.05) is 40.3 Å². The highest BCUT2D eigenvalue weighted by molar-refractivity contribution is 5.69. The first-order valence-corrected chi connectivity index (χ1v) is 5.44. The molecule has 5 nitrogen and oxygen atoms in total. The number of hydrogen-bond acceptors (Lipinski definition) is 4. The smallest absolute Gasteiger partial charge is 0.307 e. The van der Waals surface area contributed by atoms with Crippen LogP contribution in [-0.4, -0.2) is 61.2 Å². The van der Waals surface area contributed by atoms with Crippen LogP contribution in [0.5, 0.6) is 0 Å². The summed E-state index contributed by atoms with van der Waals surface area (Å²) in [4.78, 5) is 14.7. The Morgan fingerprint density at radius 3 is 2.50 bits per heavy atom. The van der Waals surface area contributed by atoms with Gasteiger partial charge in [-0.25, -0.2) is 0 Å². The van der Waals surface area contributed by atoms with Crippen LogP contribution in [0.25, 0.3) is 0 Å². The molecule has 0 heterocycles. The Balaban J connectivity index is 3.97. The summed E-state index contributed by atoms with van der Waals surface area (Å²) < 4.78 is 0. The first-order valence-electron chi connectivity index (χ1n) is 5.44. The lowest BCUT2D eigenvalue weighted by Crippen LogP contribution is -2.34. The number of hydrogen-bond donors (Lipinski definition) is 1. The van der Waals surface area contributed by atoms with Gasteiger partial charge in [0.2, 0.25) is 0 Å². The topological polar surface area (TPSA) is 67.6 Å². The molecular formula is C11H21N3O2. The van der Waals surface area contributed by atoms with Crippen LogP contribution in [-0.2, 0) is 4.79 Å². The summed E-state index contributed by atoms with van der Waals surface area (Å²) in [6.45, 7) is 4.12. The van der Waals surface area contributed by atoms with E-state index in [1.54, 1.807) is 6.92 Å². The fraction of sp³-hybridized carbons (Fsp3) is 0.818. The van der Waals surface area contributed by atoms with Crippen LogP contribution in [0, 0.1) is 17.2 Å². The van der Waals surface area contributed by atoms with E-state index in [1.807, 2.05) is 19.0 Å². The van der Waals surface area contributed by atoms with E-state index in [1.165, 1.54) is 0 Å². The zero-order valence-electron chi connectivity index (χ0n) is 10.3. The summed E-state index contributed by atoms with van der Waals surface area (Å²) in [5.41, 5.74) is 0. The SMILES string of the molecule is CC(CN(CC#N)CCCN(C)C)C(=O)O. The van der Waals surface area contributed by atoms with Gasteiger partial charge in [-0.05, 0) is 27.1 Å². The molecule has 0 radical (unpaired) electrons. The summed E-state index contributed by atoms with van der Waals surface area (Å²) in [7, 11) is 3.99. The largest absolute Gasteiger partial charge is 0.481 e. The zero-order valence-corrected chi connectivity index (χ0v) is 10.3.